The van der Waals surface area contributed by atoms with Gasteiger partial charge in [0, 0.05) is 18.2 Å². The standard InChI is InChI=1S/C18H21NO3S/c20-23(21)12-6-8-16(14-23)19-13-15-7-4-5-11-18(15)22-17-9-2-1-3-10-17/h1-5,7,9-11,16,19H,6,8,12-14H2/t16-/m1/s1. The topological polar surface area (TPSA) is 55.4 Å². The summed E-state index contributed by atoms with van der Waals surface area (Å²) in [5.74, 6) is 2.14. The highest BCUT2D eigenvalue weighted by molar-refractivity contribution is 7.91. The molecule has 4 nitrogen and oxygen atoms in total. The quantitative estimate of drug-likeness (QED) is 0.914. The van der Waals surface area contributed by atoms with Crippen LogP contribution in [0, 0.1) is 0 Å². The number of hydrogen-bond acceptors (Lipinski definition) is 4. The van der Waals surface area contributed by atoms with Crippen LogP contribution >= 0.6 is 0 Å². The SMILES string of the molecule is O=S1(=O)CCC[C@@H](NCc2ccccc2Oc2ccccc2)C1. The molecule has 0 aromatic heterocycles. The van der Waals surface area contributed by atoms with Crippen molar-refractivity contribution in [1.29, 1.82) is 0 Å². The second kappa shape index (κ2) is 7.15. The van der Waals surface area contributed by atoms with Crippen LogP contribution in [0.5, 0.6) is 11.5 Å². The Morgan fingerprint density at radius 1 is 1.04 bits per heavy atom. The van der Waals surface area contributed by atoms with Crippen LogP contribution < -0.4 is 10.1 Å². The van der Waals surface area contributed by atoms with Crippen molar-refractivity contribution in [2.24, 2.45) is 0 Å². The molecule has 1 atom stereocenters. The molecule has 3 rings (SSSR count). The number of para-hydroxylation sites is 2. The summed E-state index contributed by atoms with van der Waals surface area (Å²) in [5.41, 5.74) is 1.03. The van der Waals surface area contributed by atoms with Crippen LogP contribution in [-0.2, 0) is 16.4 Å². The van der Waals surface area contributed by atoms with E-state index in [9.17, 15) is 8.42 Å². The van der Waals surface area contributed by atoms with Crippen molar-refractivity contribution in [3.05, 3.63) is 60.2 Å². The molecule has 23 heavy (non-hydrogen) atoms. The lowest BCUT2D eigenvalue weighted by molar-refractivity contribution is 0.455. The Morgan fingerprint density at radius 3 is 2.57 bits per heavy atom. The molecule has 122 valence electrons. The molecule has 0 spiro atoms. The summed E-state index contributed by atoms with van der Waals surface area (Å²) in [7, 11) is -2.89. The molecule has 1 heterocycles. The fourth-order valence-electron chi connectivity index (χ4n) is 2.80. The van der Waals surface area contributed by atoms with Crippen LogP contribution in [0.3, 0.4) is 0 Å². The summed E-state index contributed by atoms with van der Waals surface area (Å²) in [6.07, 6.45) is 1.64. The largest absolute Gasteiger partial charge is 0.457 e. The van der Waals surface area contributed by atoms with E-state index in [4.69, 9.17) is 4.74 Å². The zero-order chi connectivity index (χ0) is 16.1. The number of ether oxygens (including phenoxy) is 1. The molecule has 2 aromatic rings. The van der Waals surface area contributed by atoms with Crippen molar-refractivity contribution in [3.8, 4) is 11.5 Å². The van der Waals surface area contributed by atoms with Crippen LogP contribution in [0.2, 0.25) is 0 Å². The van der Waals surface area contributed by atoms with Gasteiger partial charge in [0.1, 0.15) is 11.5 Å². The van der Waals surface area contributed by atoms with Gasteiger partial charge >= 0.3 is 0 Å². The Morgan fingerprint density at radius 2 is 1.78 bits per heavy atom. The van der Waals surface area contributed by atoms with Crippen LogP contribution in [0.15, 0.2) is 54.6 Å². The van der Waals surface area contributed by atoms with Crippen molar-refractivity contribution in [1.82, 2.24) is 5.32 Å². The van der Waals surface area contributed by atoms with Gasteiger partial charge in [-0.1, -0.05) is 36.4 Å². The van der Waals surface area contributed by atoms with Gasteiger partial charge in [0.25, 0.3) is 0 Å². The minimum absolute atomic E-state index is 0.0264. The molecular weight excluding hydrogens is 310 g/mol. The summed E-state index contributed by atoms with van der Waals surface area (Å²) in [6.45, 7) is 0.600. The smallest absolute Gasteiger partial charge is 0.151 e. The third-order valence-electron chi connectivity index (χ3n) is 3.99. The van der Waals surface area contributed by atoms with E-state index < -0.39 is 9.84 Å². The zero-order valence-electron chi connectivity index (χ0n) is 12.9. The molecule has 0 bridgehead atoms. The van der Waals surface area contributed by atoms with Crippen molar-refractivity contribution in [2.75, 3.05) is 11.5 Å². The molecule has 1 N–H and O–H groups in total. The van der Waals surface area contributed by atoms with Crippen molar-refractivity contribution < 1.29 is 13.2 Å². The van der Waals surface area contributed by atoms with Gasteiger partial charge in [0.15, 0.2) is 9.84 Å². The predicted molar refractivity (Wildman–Crippen MR) is 91.5 cm³/mol. The number of sulfone groups is 1. The van der Waals surface area contributed by atoms with Gasteiger partial charge in [-0.25, -0.2) is 8.42 Å². The summed E-state index contributed by atoms with van der Waals surface area (Å²) < 4.78 is 29.4. The molecular formula is C18H21NO3S. The second-order valence-electron chi connectivity index (χ2n) is 5.86. The number of rotatable bonds is 5. The lowest BCUT2D eigenvalue weighted by atomic mass is 10.1. The fourth-order valence-corrected chi connectivity index (χ4v) is 4.47. The van der Waals surface area contributed by atoms with Gasteiger partial charge in [-0.3, -0.25) is 0 Å². The molecule has 0 unspecified atom stereocenters. The first-order valence-corrected chi connectivity index (χ1v) is 9.69. The lowest BCUT2D eigenvalue weighted by Gasteiger charge is -2.23. The van der Waals surface area contributed by atoms with E-state index in [0.717, 1.165) is 29.9 Å². The minimum atomic E-state index is -2.89. The molecule has 2 aromatic carbocycles. The molecule has 0 aliphatic carbocycles. The first-order chi connectivity index (χ1) is 11.1. The van der Waals surface area contributed by atoms with Crippen LogP contribution in [0.25, 0.3) is 0 Å². The monoisotopic (exact) mass is 331 g/mol. The third-order valence-corrected chi connectivity index (χ3v) is 5.81. The van der Waals surface area contributed by atoms with Gasteiger partial charge < -0.3 is 10.1 Å². The number of nitrogens with one attached hydrogen (secondary N) is 1. The Bertz CT molecular complexity index is 744. The average molecular weight is 331 g/mol. The number of hydrogen-bond donors (Lipinski definition) is 1. The fraction of sp³-hybridized carbons (Fsp3) is 0.333. The lowest BCUT2D eigenvalue weighted by Crippen LogP contribution is -2.39. The molecule has 1 aliphatic heterocycles. The molecule has 1 fully saturated rings. The molecule has 0 amide bonds. The maximum Gasteiger partial charge on any atom is 0.151 e. The number of benzene rings is 2. The highest BCUT2D eigenvalue weighted by Crippen LogP contribution is 2.25. The molecule has 0 radical (unpaired) electrons. The summed E-state index contributed by atoms with van der Waals surface area (Å²) in [4.78, 5) is 0. The van der Waals surface area contributed by atoms with Gasteiger partial charge in [-0.2, -0.15) is 0 Å². The van der Waals surface area contributed by atoms with Crippen LogP contribution in [0.4, 0.5) is 0 Å². The Balaban J connectivity index is 1.66. The molecule has 0 saturated carbocycles. The maximum absolute atomic E-state index is 11.7. The van der Waals surface area contributed by atoms with Gasteiger partial charge in [-0.05, 0) is 31.0 Å². The highest BCUT2D eigenvalue weighted by atomic mass is 32.2. The maximum atomic E-state index is 11.7. The average Bonchev–Trinajstić information content (AvgIpc) is 2.54. The second-order valence-corrected chi connectivity index (χ2v) is 8.09. The van der Waals surface area contributed by atoms with E-state index in [1.165, 1.54) is 0 Å². The van der Waals surface area contributed by atoms with E-state index in [0.29, 0.717) is 12.3 Å². The van der Waals surface area contributed by atoms with Gasteiger partial charge in [0.05, 0.1) is 11.5 Å². The van der Waals surface area contributed by atoms with Crippen molar-refractivity contribution in [3.63, 3.8) is 0 Å². The summed E-state index contributed by atoms with van der Waals surface area (Å²) in [5, 5.41) is 3.36. The van der Waals surface area contributed by atoms with Gasteiger partial charge in [-0.15, -0.1) is 0 Å². The van der Waals surface area contributed by atoms with E-state index in [-0.39, 0.29) is 11.8 Å². The first-order valence-electron chi connectivity index (χ1n) is 7.87. The minimum Gasteiger partial charge on any atom is -0.457 e. The summed E-state index contributed by atoms with van der Waals surface area (Å²) >= 11 is 0. The van der Waals surface area contributed by atoms with E-state index in [1.54, 1.807) is 0 Å². The van der Waals surface area contributed by atoms with Gasteiger partial charge in [0.2, 0.25) is 0 Å². The summed E-state index contributed by atoms with van der Waals surface area (Å²) in [6, 6.07) is 17.5. The van der Waals surface area contributed by atoms with Crippen LogP contribution in [-0.4, -0.2) is 26.0 Å². The zero-order valence-corrected chi connectivity index (χ0v) is 13.8. The van der Waals surface area contributed by atoms with E-state index >= 15 is 0 Å². The Hall–Kier alpha value is -1.85. The Kier molecular flexibility index (Phi) is 4.98. The van der Waals surface area contributed by atoms with E-state index in [2.05, 4.69) is 5.32 Å². The normalized spacial score (nSPS) is 20.1. The first kappa shape index (κ1) is 16.0. The Labute approximate surface area is 137 Å². The predicted octanol–water partition coefficient (Wildman–Crippen LogP) is 3.15. The van der Waals surface area contributed by atoms with E-state index in [1.807, 2.05) is 54.6 Å². The highest BCUT2D eigenvalue weighted by Gasteiger charge is 2.24. The van der Waals surface area contributed by atoms with Crippen LogP contribution in [0.1, 0.15) is 18.4 Å². The molecule has 1 saturated heterocycles. The molecule has 5 heteroatoms. The van der Waals surface area contributed by atoms with Crippen molar-refractivity contribution >= 4 is 9.84 Å². The third kappa shape index (κ3) is 4.56. The molecule has 1 aliphatic rings. The van der Waals surface area contributed by atoms with Crippen molar-refractivity contribution in [2.45, 2.75) is 25.4 Å².